The fourth-order valence-corrected chi connectivity index (χ4v) is 2.74. The summed E-state index contributed by atoms with van der Waals surface area (Å²) in [5.74, 6) is 2.79. The zero-order valence-corrected chi connectivity index (χ0v) is 12.2. The molecule has 1 heterocycles. The Morgan fingerprint density at radius 2 is 1.80 bits per heavy atom. The second-order valence-corrected chi connectivity index (χ2v) is 5.19. The summed E-state index contributed by atoms with van der Waals surface area (Å²) in [4.78, 5) is 0. The van der Waals surface area contributed by atoms with Crippen LogP contribution in [0.1, 0.15) is 30.9 Å². The predicted molar refractivity (Wildman–Crippen MR) is 75.1 cm³/mol. The number of methoxy groups -OCH3 is 3. The van der Waals surface area contributed by atoms with Crippen molar-refractivity contribution >= 4 is 0 Å². The smallest absolute Gasteiger partial charge is 0.203 e. The van der Waals surface area contributed by atoms with Gasteiger partial charge < -0.3 is 24.3 Å². The van der Waals surface area contributed by atoms with E-state index in [2.05, 4.69) is 5.32 Å². The van der Waals surface area contributed by atoms with Crippen LogP contribution in [0, 0.1) is 0 Å². The maximum absolute atomic E-state index is 5.78. The van der Waals surface area contributed by atoms with Crippen LogP contribution in [-0.2, 0) is 0 Å². The average molecular weight is 279 g/mol. The van der Waals surface area contributed by atoms with Crippen molar-refractivity contribution < 1.29 is 18.9 Å². The van der Waals surface area contributed by atoms with Crippen molar-refractivity contribution in [2.75, 3.05) is 27.9 Å². The van der Waals surface area contributed by atoms with Gasteiger partial charge >= 0.3 is 0 Å². The largest absolute Gasteiger partial charge is 0.493 e. The minimum absolute atomic E-state index is 0.251. The Labute approximate surface area is 119 Å². The number of ether oxygens (including phenoxy) is 4. The maximum Gasteiger partial charge on any atom is 0.203 e. The third-order valence-electron chi connectivity index (χ3n) is 3.86. The summed E-state index contributed by atoms with van der Waals surface area (Å²) in [5.41, 5.74) is 1.04. The molecule has 0 bridgehead atoms. The SMILES string of the molecule is COc1cc2c(c(OC)c1OC)C(NC1CC1)CCO2. The molecule has 1 aliphatic heterocycles. The number of hydrogen-bond acceptors (Lipinski definition) is 5. The van der Waals surface area contributed by atoms with Crippen LogP contribution in [0.3, 0.4) is 0 Å². The highest BCUT2D eigenvalue weighted by atomic mass is 16.5. The molecule has 0 amide bonds. The van der Waals surface area contributed by atoms with E-state index in [4.69, 9.17) is 18.9 Å². The second kappa shape index (κ2) is 5.40. The fraction of sp³-hybridized carbons (Fsp3) is 0.600. The number of hydrogen-bond donors (Lipinski definition) is 1. The molecule has 1 fully saturated rings. The van der Waals surface area contributed by atoms with Crippen LogP contribution in [0.4, 0.5) is 0 Å². The van der Waals surface area contributed by atoms with Gasteiger partial charge in [0.25, 0.3) is 0 Å². The van der Waals surface area contributed by atoms with E-state index in [9.17, 15) is 0 Å². The monoisotopic (exact) mass is 279 g/mol. The first-order chi connectivity index (χ1) is 9.78. The summed E-state index contributed by atoms with van der Waals surface area (Å²) >= 11 is 0. The third kappa shape index (κ3) is 2.26. The molecule has 0 radical (unpaired) electrons. The molecule has 110 valence electrons. The molecule has 1 unspecified atom stereocenters. The van der Waals surface area contributed by atoms with Crippen LogP contribution in [0.2, 0.25) is 0 Å². The number of nitrogens with one attached hydrogen (secondary N) is 1. The highest BCUT2D eigenvalue weighted by Gasteiger charge is 2.33. The Bertz CT molecular complexity index is 499. The molecule has 1 aliphatic carbocycles. The third-order valence-corrected chi connectivity index (χ3v) is 3.86. The van der Waals surface area contributed by atoms with Crippen LogP contribution < -0.4 is 24.3 Å². The van der Waals surface area contributed by atoms with Gasteiger partial charge in [0.15, 0.2) is 11.5 Å². The van der Waals surface area contributed by atoms with Crippen LogP contribution >= 0.6 is 0 Å². The molecular weight excluding hydrogens is 258 g/mol. The average Bonchev–Trinajstić information content (AvgIpc) is 3.29. The van der Waals surface area contributed by atoms with Gasteiger partial charge in [0.2, 0.25) is 5.75 Å². The Morgan fingerprint density at radius 1 is 1.05 bits per heavy atom. The predicted octanol–water partition coefficient (Wildman–Crippen LogP) is 2.29. The lowest BCUT2D eigenvalue weighted by Crippen LogP contribution is -2.29. The van der Waals surface area contributed by atoms with E-state index in [1.54, 1.807) is 21.3 Å². The normalized spacial score (nSPS) is 20.9. The molecule has 5 nitrogen and oxygen atoms in total. The van der Waals surface area contributed by atoms with Crippen LogP contribution in [0.25, 0.3) is 0 Å². The van der Waals surface area contributed by atoms with Crippen molar-refractivity contribution in [1.29, 1.82) is 0 Å². The van der Waals surface area contributed by atoms with E-state index in [0.29, 0.717) is 29.9 Å². The minimum atomic E-state index is 0.251. The van der Waals surface area contributed by atoms with E-state index in [1.807, 2.05) is 6.07 Å². The molecule has 1 aromatic carbocycles. The lowest BCUT2D eigenvalue weighted by molar-refractivity contribution is 0.238. The van der Waals surface area contributed by atoms with E-state index in [-0.39, 0.29) is 6.04 Å². The molecule has 0 saturated heterocycles. The minimum Gasteiger partial charge on any atom is -0.493 e. The lowest BCUT2D eigenvalue weighted by atomic mass is 9.98. The molecule has 0 aromatic heterocycles. The zero-order valence-electron chi connectivity index (χ0n) is 12.2. The van der Waals surface area contributed by atoms with Crippen molar-refractivity contribution in [1.82, 2.24) is 5.32 Å². The molecule has 20 heavy (non-hydrogen) atoms. The van der Waals surface area contributed by atoms with Gasteiger partial charge in [-0.3, -0.25) is 0 Å². The Hall–Kier alpha value is -1.62. The van der Waals surface area contributed by atoms with Gasteiger partial charge in [0.05, 0.1) is 33.5 Å². The second-order valence-electron chi connectivity index (χ2n) is 5.19. The Morgan fingerprint density at radius 3 is 2.40 bits per heavy atom. The van der Waals surface area contributed by atoms with Gasteiger partial charge in [0.1, 0.15) is 5.75 Å². The first-order valence-electron chi connectivity index (χ1n) is 7.00. The van der Waals surface area contributed by atoms with Crippen molar-refractivity contribution in [3.63, 3.8) is 0 Å². The molecule has 1 aromatic rings. The number of rotatable bonds is 5. The first-order valence-corrected chi connectivity index (χ1v) is 7.00. The summed E-state index contributed by atoms with van der Waals surface area (Å²) in [6, 6.07) is 2.77. The van der Waals surface area contributed by atoms with Crippen molar-refractivity contribution in [2.24, 2.45) is 0 Å². The van der Waals surface area contributed by atoms with E-state index in [1.165, 1.54) is 12.8 Å². The highest BCUT2D eigenvalue weighted by molar-refractivity contribution is 5.63. The van der Waals surface area contributed by atoms with E-state index >= 15 is 0 Å². The van der Waals surface area contributed by atoms with Gasteiger partial charge in [-0.25, -0.2) is 0 Å². The first kappa shape index (κ1) is 13.4. The maximum atomic E-state index is 5.78. The molecule has 5 heteroatoms. The van der Waals surface area contributed by atoms with Gasteiger partial charge in [-0.05, 0) is 12.8 Å². The van der Waals surface area contributed by atoms with Gasteiger partial charge in [-0.2, -0.15) is 0 Å². The molecule has 2 aliphatic rings. The summed E-state index contributed by atoms with van der Waals surface area (Å²) in [6.45, 7) is 0.704. The van der Waals surface area contributed by atoms with Crippen molar-refractivity contribution in [2.45, 2.75) is 31.3 Å². The van der Waals surface area contributed by atoms with Gasteiger partial charge in [-0.1, -0.05) is 0 Å². The van der Waals surface area contributed by atoms with Crippen molar-refractivity contribution in [3.05, 3.63) is 11.6 Å². The van der Waals surface area contributed by atoms with Gasteiger partial charge in [0, 0.05) is 24.6 Å². The summed E-state index contributed by atoms with van der Waals surface area (Å²) in [5, 5.41) is 3.66. The zero-order chi connectivity index (χ0) is 14.1. The molecule has 1 N–H and O–H groups in total. The van der Waals surface area contributed by atoms with Crippen LogP contribution in [0.5, 0.6) is 23.0 Å². The Balaban J connectivity index is 2.07. The van der Waals surface area contributed by atoms with Crippen molar-refractivity contribution in [3.8, 4) is 23.0 Å². The lowest BCUT2D eigenvalue weighted by Gasteiger charge is -2.30. The van der Waals surface area contributed by atoms with Crippen LogP contribution in [0.15, 0.2) is 6.07 Å². The fourth-order valence-electron chi connectivity index (χ4n) is 2.74. The quantitative estimate of drug-likeness (QED) is 0.896. The summed E-state index contributed by atoms with van der Waals surface area (Å²) < 4.78 is 22.2. The molecule has 0 spiro atoms. The number of fused-ring (bicyclic) bond motifs is 1. The molecule has 1 atom stereocenters. The molecule has 3 rings (SSSR count). The molecular formula is C15H21NO4. The van der Waals surface area contributed by atoms with E-state index < -0.39 is 0 Å². The van der Waals surface area contributed by atoms with Gasteiger partial charge in [-0.15, -0.1) is 0 Å². The van der Waals surface area contributed by atoms with Crippen LogP contribution in [-0.4, -0.2) is 34.0 Å². The number of benzene rings is 1. The standard InChI is InChI=1S/C15H21NO4/c1-17-12-8-11-13(15(19-3)14(12)18-2)10(6-7-20-11)16-9-4-5-9/h8-10,16H,4-7H2,1-3H3. The topological polar surface area (TPSA) is 49.0 Å². The van der Waals surface area contributed by atoms with E-state index in [0.717, 1.165) is 17.7 Å². The molecule has 1 saturated carbocycles. The Kier molecular flexibility index (Phi) is 3.61. The summed E-state index contributed by atoms with van der Waals surface area (Å²) in [6.07, 6.45) is 3.44. The summed E-state index contributed by atoms with van der Waals surface area (Å²) in [7, 11) is 4.90. The highest BCUT2D eigenvalue weighted by Crippen LogP contribution is 2.50.